The van der Waals surface area contributed by atoms with Crippen LogP contribution < -0.4 is 11.1 Å². The van der Waals surface area contributed by atoms with E-state index >= 15 is 0 Å². The fourth-order valence-electron chi connectivity index (χ4n) is 1.26. The molecule has 1 heterocycles. The predicted octanol–water partition coefficient (Wildman–Crippen LogP) is 3.53. The lowest BCUT2D eigenvalue weighted by Gasteiger charge is -2.05. The fourth-order valence-corrected chi connectivity index (χ4v) is 1.84. The van der Waals surface area contributed by atoms with E-state index in [9.17, 15) is 4.79 Å². The highest BCUT2D eigenvalue weighted by atomic mass is 79.9. The largest absolute Gasteiger partial charge is 0.452 e. The Hall–Kier alpha value is -1.46. The standard InChI is InChI=1S/C11H8BrClN2O2/c12-8-5-6(1-2-9(8)14)15-11(16)7-3-4-17-10(7)13/h1-5H,14H2,(H,15,16). The summed E-state index contributed by atoms with van der Waals surface area (Å²) in [7, 11) is 0. The molecule has 17 heavy (non-hydrogen) atoms. The first-order valence-electron chi connectivity index (χ1n) is 4.67. The molecule has 6 heteroatoms. The van der Waals surface area contributed by atoms with Crippen LogP contribution in [0.1, 0.15) is 10.4 Å². The Labute approximate surface area is 111 Å². The summed E-state index contributed by atoms with van der Waals surface area (Å²) < 4.78 is 5.56. The molecule has 88 valence electrons. The molecule has 0 fully saturated rings. The first kappa shape index (κ1) is 12.0. The molecule has 2 rings (SSSR count). The lowest BCUT2D eigenvalue weighted by atomic mass is 10.2. The minimum absolute atomic E-state index is 0.0667. The molecule has 0 aliphatic heterocycles. The number of amides is 1. The van der Waals surface area contributed by atoms with Gasteiger partial charge in [-0.3, -0.25) is 4.79 Å². The molecule has 3 N–H and O–H groups in total. The fraction of sp³-hybridized carbons (Fsp3) is 0. The highest BCUT2D eigenvalue weighted by Gasteiger charge is 2.13. The van der Waals surface area contributed by atoms with Crippen molar-refractivity contribution in [2.75, 3.05) is 11.1 Å². The van der Waals surface area contributed by atoms with E-state index in [0.29, 0.717) is 21.4 Å². The topological polar surface area (TPSA) is 68.3 Å². The van der Waals surface area contributed by atoms with Gasteiger partial charge in [-0.15, -0.1) is 0 Å². The van der Waals surface area contributed by atoms with Gasteiger partial charge in [-0.05, 0) is 51.8 Å². The number of benzene rings is 1. The van der Waals surface area contributed by atoms with Crippen molar-refractivity contribution in [1.29, 1.82) is 0 Å². The van der Waals surface area contributed by atoms with Crippen LogP contribution in [0.2, 0.25) is 5.22 Å². The van der Waals surface area contributed by atoms with Crippen LogP contribution in [-0.4, -0.2) is 5.91 Å². The lowest BCUT2D eigenvalue weighted by Crippen LogP contribution is -2.11. The molecule has 0 saturated carbocycles. The summed E-state index contributed by atoms with van der Waals surface area (Å²) in [6.07, 6.45) is 1.36. The third kappa shape index (κ3) is 2.62. The minimum Gasteiger partial charge on any atom is -0.452 e. The van der Waals surface area contributed by atoms with Crippen LogP contribution in [0.3, 0.4) is 0 Å². The number of nitrogens with two attached hydrogens (primary N) is 1. The highest BCUT2D eigenvalue weighted by molar-refractivity contribution is 9.10. The average Bonchev–Trinajstić information content (AvgIpc) is 2.70. The van der Waals surface area contributed by atoms with E-state index in [0.717, 1.165) is 0 Å². The van der Waals surface area contributed by atoms with Crippen molar-refractivity contribution in [1.82, 2.24) is 0 Å². The molecule has 0 radical (unpaired) electrons. The number of carbonyl (C=O) groups excluding carboxylic acids is 1. The molecule has 0 atom stereocenters. The van der Waals surface area contributed by atoms with Gasteiger partial charge in [0.05, 0.1) is 11.8 Å². The molecule has 1 aromatic carbocycles. The Balaban J connectivity index is 2.19. The maximum Gasteiger partial charge on any atom is 0.260 e. The van der Waals surface area contributed by atoms with Crippen molar-refractivity contribution in [2.24, 2.45) is 0 Å². The van der Waals surface area contributed by atoms with Gasteiger partial charge in [-0.25, -0.2) is 0 Å². The second-order valence-corrected chi connectivity index (χ2v) is 4.50. The van der Waals surface area contributed by atoms with Crippen molar-refractivity contribution in [3.05, 3.63) is 45.8 Å². The second kappa shape index (κ2) is 4.81. The zero-order valence-corrected chi connectivity index (χ0v) is 10.9. The number of halogens is 2. The van der Waals surface area contributed by atoms with Crippen molar-refractivity contribution in [3.63, 3.8) is 0 Å². The molecule has 0 unspecified atom stereocenters. The summed E-state index contributed by atoms with van der Waals surface area (Å²) >= 11 is 8.98. The number of carbonyl (C=O) groups is 1. The molecule has 2 aromatic rings. The summed E-state index contributed by atoms with van der Waals surface area (Å²) in [6.45, 7) is 0. The van der Waals surface area contributed by atoms with Gasteiger partial charge < -0.3 is 15.5 Å². The maximum absolute atomic E-state index is 11.8. The zero-order chi connectivity index (χ0) is 12.4. The highest BCUT2D eigenvalue weighted by Crippen LogP contribution is 2.24. The van der Waals surface area contributed by atoms with Crippen molar-refractivity contribution >= 4 is 44.8 Å². The maximum atomic E-state index is 11.8. The number of nitrogens with one attached hydrogen (secondary N) is 1. The summed E-state index contributed by atoms with van der Waals surface area (Å²) in [5, 5.41) is 2.75. The quantitative estimate of drug-likeness (QED) is 0.833. The van der Waals surface area contributed by atoms with E-state index in [1.807, 2.05) is 0 Å². The van der Waals surface area contributed by atoms with E-state index in [2.05, 4.69) is 21.2 Å². The van der Waals surface area contributed by atoms with Crippen molar-refractivity contribution < 1.29 is 9.21 Å². The molecule has 0 saturated heterocycles. The van der Waals surface area contributed by atoms with Gasteiger partial charge >= 0.3 is 0 Å². The van der Waals surface area contributed by atoms with Crippen LogP contribution in [0, 0.1) is 0 Å². The van der Waals surface area contributed by atoms with E-state index < -0.39 is 0 Å². The van der Waals surface area contributed by atoms with E-state index in [4.69, 9.17) is 21.8 Å². The van der Waals surface area contributed by atoms with Gasteiger partial charge in [0, 0.05) is 15.8 Å². The summed E-state index contributed by atoms with van der Waals surface area (Å²) in [5.74, 6) is -0.333. The molecule has 0 spiro atoms. The first-order chi connectivity index (χ1) is 8.08. The Bertz CT molecular complexity index is 568. The summed E-state index contributed by atoms with van der Waals surface area (Å²) in [6, 6.07) is 6.61. The zero-order valence-electron chi connectivity index (χ0n) is 8.54. The van der Waals surface area contributed by atoms with Crippen LogP contribution >= 0.6 is 27.5 Å². The van der Waals surface area contributed by atoms with Crippen LogP contribution in [0.5, 0.6) is 0 Å². The van der Waals surface area contributed by atoms with E-state index in [1.54, 1.807) is 18.2 Å². The Morgan fingerprint density at radius 2 is 2.18 bits per heavy atom. The lowest BCUT2D eigenvalue weighted by molar-refractivity contribution is 0.102. The Morgan fingerprint density at radius 3 is 2.76 bits per heavy atom. The average molecular weight is 316 g/mol. The Kier molecular flexibility index (Phi) is 3.40. The molecule has 4 nitrogen and oxygen atoms in total. The number of anilines is 2. The van der Waals surface area contributed by atoms with Gasteiger partial charge in [0.25, 0.3) is 5.91 Å². The van der Waals surface area contributed by atoms with E-state index in [1.165, 1.54) is 12.3 Å². The molecule has 0 bridgehead atoms. The number of nitrogen functional groups attached to an aromatic ring is 1. The summed E-state index contributed by atoms with van der Waals surface area (Å²) in [4.78, 5) is 11.8. The number of hydrogen-bond acceptors (Lipinski definition) is 3. The Morgan fingerprint density at radius 1 is 1.41 bits per heavy atom. The van der Waals surface area contributed by atoms with Gasteiger partial charge in [0.2, 0.25) is 5.22 Å². The minimum atomic E-state index is -0.333. The predicted molar refractivity (Wildman–Crippen MR) is 70.2 cm³/mol. The number of rotatable bonds is 2. The molecule has 0 aliphatic rings. The third-order valence-corrected chi connectivity index (χ3v) is 3.10. The first-order valence-corrected chi connectivity index (χ1v) is 5.84. The smallest absolute Gasteiger partial charge is 0.260 e. The van der Waals surface area contributed by atoms with Gasteiger partial charge in [-0.2, -0.15) is 0 Å². The second-order valence-electron chi connectivity index (χ2n) is 3.30. The van der Waals surface area contributed by atoms with Crippen LogP contribution in [0.25, 0.3) is 0 Å². The van der Waals surface area contributed by atoms with Crippen LogP contribution in [0.15, 0.2) is 39.4 Å². The molecule has 1 aromatic heterocycles. The van der Waals surface area contributed by atoms with Crippen molar-refractivity contribution in [3.8, 4) is 0 Å². The normalized spacial score (nSPS) is 10.2. The van der Waals surface area contributed by atoms with Crippen LogP contribution in [0.4, 0.5) is 11.4 Å². The molecular weight excluding hydrogens is 307 g/mol. The summed E-state index contributed by atoms with van der Waals surface area (Å²) in [5.41, 5.74) is 7.15. The molecule has 1 amide bonds. The third-order valence-electron chi connectivity index (χ3n) is 2.12. The van der Waals surface area contributed by atoms with E-state index in [-0.39, 0.29) is 11.1 Å². The molecule has 0 aliphatic carbocycles. The van der Waals surface area contributed by atoms with Gasteiger partial charge in [-0.1, -0.05) is 0 Å². The van der Waals surface area contributed by atoms with Gasteiger partial charge in [0.15, 0.2) is 0 Å². The molecular formula is C11H8BrClN2O2. The van der Waals surface area contributed by atoms with Gasteiger partial charge in [0.1, 0.15) is 0 Å². The number of hydrogen-bond donors (Lipinski definition) is 2. The van der Waals surface area contributed by atoms with Crippen molar-refractivity contribution in [2.45, 2.75) is 0 Å². The van der Waals surface area contributed by atoms with Crippen LogP contribution in [-0.2, 0) is 0 Å². The number of furan rings is 1. The SMILES string of the molecule is Nc1ccc(NC(=O)c2ccoc2Cl)cc1Br. The monoisotopic (exact) mass is 314 g/mol.